The van der Waals surface area contributed by atoms with Crippen LogP contribution in [0.5, 0.6) is 0 Å². The molecule has 0 spiro atoms. The van der Waals surface area contributed by atoms with Crippen LogP contribution >= 0.6 is 15.9 Å². The quantitative estimate of drug-likeness (QED) is 0.365. The second kappa shape index (κ2) is 9.75. The Bertz CT molecular complexity index is 474. The highest BCUT2D eigenvalue weighted by Crippen LogP contribution is 2.36. The van der Waals surface area contributed by atoms with E-state index in [0.717, 1.165) is 37.8 Å². The largest absolute Gasteiger partial charge is 0.283 e. The Hall–Kier alpha value is -0.450. The summed E-state index contributed by atoms with van der Waals surface area (Å²) < 4.78 is 28.6. The third kappa shape index (κ3) is 5.54. The van der Waals surface area contributed by atoms with Crippen molar-refractivity contribution >= 4 is 15.9 Å². The van der Waals surface area contributed by atoms with Crippen LogP contribution in [0.15, 0.2) is 4.47 Å². The van der Waals surface area contributed by atoms with Gasteiger partial charge in [-0.15, -0.1) is 0 Å². The summed E-state index contributed by atoms with van der Waals surface area (Å²) >= 11 is 3.30. The van der Waals surface area contributed by atoms with Gasteiger partial charge >= 0.3 is 0 Å². The molecule has 0 saturated carbocycles. The van der Waals surface area contributed by atoms with E-state index in [-0.39, 0.29) is 11.2 Å². The molecule has 1 rings (SSSR count). The molecule has 1 unspecified atom stereocenters. The second-order valence-corrected chi connectivity index (χ2v) is 7.55. The highest BCUT2D eigenvalue weighted by Gasteiger charge is 2.31. The number of nitrogens with zero attached hydrogens (tertiary/aromatic N) is 2. The van der Waals surface area contributed by atoms with Crippen molar-refractivity contribution in [1.82, 2.24) is 9.78 Å². The van der Waals surface area contributed by atoms with Gasteiger partial charge in [-0.1, -0.05) is 58.8 Å². The van der Waals surface area contributed by atoms with Crippen LogP contribution in [0.2, 0.25) is 0 Å². The maximum absolute atomic E-state index is 13.1. The number of rotatable bonds is 11. The lowest BCUT2D eigenvalue weighted by molar-refractivity contribution is 0.140. The number of unbranched alkanes of at least 4 members (excludes halogenated alkanes) is 5. The van der Waals surface area contributed by atoms with E-state index >= 15 is 0 Å². The van der Waals surface area contributed by atoms with E-state index in [0.29, 0.717) is 4.47 Å². The molecule has 0 aliphatic rings. The normalized spacial score (nSPS) is 14.4. The Labute approximate surface area is 148 Å². The van der Waals surface area contributed by atoms with E-state index in [1.165, 1.54) is 25.7 Å². The molecule has 0 aliphatic heterocycles. The van der Waals surface area contributed by atoms with E-state index in [2.05, 4.69) is 41.8 Å². The van der Waals surface area contributed by atoms with Crippen molar-refractivity contribution in [2.75, 3.05) is 0 Å². The molecular formula is C18H31BrF2N2. The topological polar surface area (TPSA) is 17.8 Å². The lowest BCUT2D eigenvalue weighted by atomic mass is 9.88. The third-order valence-electron chi connectivity index (χ3n) is 4.67. The summed E-state index contributed by atoms with van der Waals surface area (Å²) in [5.41, 5.74) is 0.505. The SMILES string of the molecule is CCCCCCCC(C)(CCCC)n1nc(C(F)F)c(Br)c1C. The van der Waals surface area contributed by atoms with Crippen molar-refractivity contribution in [1.29, 1.82) is 0 Å². The van der Waals surface area contributed by atoms with Gasteiger partial charge in [-0.2, -0.15) is 5.10 Å². The predicted octanol–water partition coefficient (Wildman–Crippen LogP) is 7.16. The van der Waals surface area contributed by atoms with Gasteiger partial charge in [-0.3, -0.25) is 4.68 Å². The molecule has 1 heterocycles. The molecule has 0 aliphatic carbocycles. The summed E-state index contributed by atoms with van der Waals surface area (Å²) in [7, 11) is 0. The molecule has 1 aromatic rings. The zero-order valence-corrected chi connectivity index (χ0v) is 16.6. The first kappa shape index (κ1) is 20.6. The number of halogens is 3. The van der Waals surface area contributed by atoms with Gasteiger partial charge in [0.1, 0.15) is 5.69 Å². The number of aromatic nitrogens is 2. The smallest absolute Gasteiger partial charge is 0.262 e. The van der Waals surface area contributed by atoms with Crippen LogP contribution < -0.4 is 0 Å². The first-order chi connectivity index (χ1) is 10.9. The molecule has 2 nitrogen and oxygen atoms in total. The lowest BCUT2D eigenvalue weighted by Gasteiger charge is -2.32. The molecular weight excluding hydrogens is 362 g/mol. The Morgan fingerprint density at radius 1 is 1.04 bits per heavy atom. The Balaban J connectivity index is 2.93. The zero-order valence-electron chi connectivity index (χ0n) is 15.0. The zero-order chi connectivity index (χ0) is 17.5. The molecule has 0 saturated heterocycles. The van der Waals surface area contributed by atoms with E-state index < -0.39 is 6.43 Å². The highest BCUT2D eigenvalue weighted by atomic mass is 79.9. The summed E-state index contributed by atoms with van der Waals surface area (Å²) in [4.78, 5) is 0. The molecule has 134 valence electrons. The number of alkyl halides is 2. The van der Waals surface area contributed by atoms with Crippen LogP contribution in [-0.2, 0) is 5.54 Å². The fourth-order valence-electron chi connectivity index (χ4n) is 3.17. The minimum atomic E-state index is -2.54. The van der Waals surface area contributed by atoms with Gasteiger partial charge < -0.3 is 0 Å². The number of hydrogen-bond donors (Lipinski definition) is 0. The van der Waals surface area contributed by atoms with Gasteiger partial charge in [0.05, 0.1) is 15.7 Å². The first-order valence-electron chi connectivity index (χ1n) is 8.91. The van der Waals surface area contributed by atoms with Gasteiger partial charge in [0, 0.05) is 0 Å². The maximum atomic E-state index is 13.1. The molecule has 23 heavy (non-hydrogen) atoms. The average Bonchev–Trinajstić information content (AvgIpc) is 2.82. The highest BCUT2D eigenvalue weighted by molar-refractivity contribution is 9.10. The van der Waals surface area contributed by atoms with Gasteiger partial charge in [0.2, 0.25) is 0 Å². The molecule has 0 N–H and O–H groups in total. The van der Waals surface area contributed by atoms with E-state index in [1.54, 1.807) is 0 Å². The van der Waals surface area contributed by atoms with Gasteiger partial charge in [-0.05, 0) is 42.6 Å². The summed E-state index contributed by atoms with van der Waals surface area (Å²) in [6, 6.07) is 0. The summed E-state index contributed by atoms with van der Waals surface area (Å²) in [5, 5.41) is 4.27. The van der Waals surface area contributed by atoms with Crippen molar-refractivity contribution in [3.63, 3.8) is 0 Å². The minimum Gasteiger partial charge on any atom is -0.262 e. The minimum absolute atomic E-state index is 0.129. The second-order valence-electron chi connectivity index (χ2n) is 6.76. The van der Waals surface area contributed by atoms with Crippen LogP contribution in [0.1, 0.15) is 96.4 Å². The van der Waals surface area contributed by atoms with Crippen LogP contribution in [0.25, 0.3) is 0 Å². The predicted molar refractivity (Wildman–Crippen MR) is 96.2 cm³/mol. The monoisotopic (exact) mass is 392 g/mol. The molecule has 1 aromatic heterocycles. The van der Waals surface area contributed by atoms with Gasteiger partial charge in [0.15, 0.2) is 0 Å². The van der Waals surface area contributed by atoms with Gasteiger partial charge in [-0.25, -0.2) is 8.78 Å². The summed E-state index contributed by atoms with van der Waals surface area (Å²) in [5.74, 6) is 0. The standard InChI is InChI=1S/C18H31BrF2N2/c1-5-7-9-10-11-13-18(4,12-8-6-2)23-14(3)15(19)16(22-23)17(20)21/h17H,5-13H2,1-4H3. The van der Waals surface area contributed by atoms with E-state index in [1.807, 2.05) is 11.6 Å². The molecule has 0 fully saturated rings. The average molecular weight is 393 g/mol. The van der Waals surface area contributed by atoms with Gasteiger partial charge in [0.25, 0.3) is 6.43 Å². The van der Waals surface area contributed by atoms with Crippen LogP contribution in [-0.4, -0.2) is 9.78 Å². The summed E-state index contributed by atoms with van der Waals surface area (Å²) in [6.07, 6.45) is 7.72. The fraction of sp³-hybridized carbons (Fsp3) is 0.833. The molecule has 5 heteroatoms. The van der Waals surface area contributed by atoms with Crippen LogP contribution in [0.3, 0.4) is 0 Å². The van der Waals surface area contributed by atoms with Crippen molar-refractivity contribution in [3.05, 3.63) is 15.9 Å². The van der Waals surface area contributed by atoms with Crippen molar-refractivity contribution in [2.45, 2.75) is 97.4 Å². The first-order valence-corrected chi connectivity index (χ1v) is 9.70. The number of hydrogen-bond acceptors (Lipinski definition) is 1. The van der Waals surface area contributed by atoms with Crippen molar-refractivity contribution in [3.8, 4) is 0 Å². The van der Waals surface area contributed by atoms with E-state index in [9.17, 15) is 8.78 Å². The third-order valence-corrected chi connectivity index (χ3v) is 5.65. The Kier molecular flexibility index (Phi) is 8.73. The fourth-order valence-corrected chi connectivity index (χ4v) is 3.59. The van der Waals surface area contributed by atoms with Crippen molar-refractivity contribution < 1.29 is 8.78 Å². The Morgan fingerprint density at radius 3 is 2.13 bits per heavy atom. The molecule has 0 radical (unpaired) electrons. The Morgan fingerprint density at radius 2 is 1.61 bits per heavy atom. The van der Waals surface area contributed by atoms with E-state index in [4.69, 9.17) is 0 Å². The summed E-state index contributed by atoms with van der Waals surface area (Å²) in [6.45, 7) is 8.42. The molecule has 0 aromatic carbocycles. The maximum Gasteiger partial charge on any atom is 0.283 e. The van der Waals surface area contributed by atoms with Crippen LogP contribution in [0, 0.1) is 6.92 Å². The molecule has 1 atom stereocenters. The molecule has 0 amide bonds. The van der Waals surface area contributed by atoms with Crippen molar-refractivity contribution in [2.24, 2.45) is 0 Å². The van der Waals surface area contributed by atoms with Crippen LogP contribution in [0.4, 0.5) is 8.78 Å². The molecule has 0 bridgehead atoms. The lowest BCUT2D eigenvalue weighted by Crippen LogP contribution is -2.32.